The number of rotatable bonds is 6. The first-order chi connectivity index (χ1) is 9.31. The van der Waals surface area contributed by atoms with Crippen molar-refractivity contribution in [2.45, 2.75) is 25.3 Å². The number of hydrogen-bond acceptors (Lipinski definition) is 4. The molecule has 0 bridgehead atoms. The van der Waals surface area contributed by atoms with Gasteiger partial charge in [0.25, 0.3) is 0 Å². The number of nitrogens with zero attached hydrogens (tertiary/aromatic N) is 2. The summed E-state index contributed by atoms with van der Waals surface area (Å²) < 4.78 is 5.05. The van der Waals surface area contributed by atoms with E-state index in [0.717, 1.165) is 32.1 Å². The van der Waals surface area contributed by atoms with Crippen molar-refractivity contribution >= 4 is 17.4 Å². The predicted molar refractivity (Wildman–Crippen MR) is 79.0 cm³/mol. The summed E-state index contributed by atoms with van der Waals surface area (Å²) in [6.07, 6.45) is 5.46. The zero-order valence-electron chi connectivity index (χ0n) is 11.4. The van der Waals surface area contributed by atoms with Crippen LogP contribution in [0.1, 0.15) is 19.3 Å². The molecule has 2 rings (SSSR count). The summed E-state index contributed by atoms with van der Waals surface area (Å²) in [6, 6.07) is 4.43. The van der Waals surface area contributed by atoms with Gasteiger partial charge in [0.2, 0.25) is 0 Å². The van der Waals surface area contributed by atoms with Crippen LogP contribution in [-0.4, -0.2) is 44.4 Å². The molecule has 0 radical (unpaired) electrons. The Morgan fingerprint density at radius 2 is 2.37 bits per heavy atom. The molecule has 0 saturated carbocycles. The van der Waals surface area contributed by atoms with E-state index >= 15 is 0 Å². The lowest BCUT2D eigenvalue weighted by Crippen LogP contribution is -2.46. The van der Waals surface area contributed by atoms with Gasteiger partial charge in [-0.2, -0.15) is 0 Å². The van der Waals surface area contributed by atoms with Gasteiger partial charge in [-0.15, -0.1) is 0 Å². The third-order valence-corrected chi connectivity index (χ3v) is 3.72. The van der Waals surface area contributed by atoms with Gasteiger partial charge in [0.1, 0.15) is 5.82 Å². The van der Waals surface area contributed by atoms with Crippen LogP contribution in [0, 0.1) is 0 Å². The van der Waals surface area contributed by atoms with Crippen LogP contribution in [0.5, 0.6) is 0 Å². The third-order valence-electron chi connectivity index (χ3n) is 3.50. The molecule has 0 aliphatic carbocycles. The van der Waals surface area contributed by atoms with E-state index in [1.54, 1.807) is 13.3 Å². The summed E-state index contributed by atoms with van der Waals surface area (Å²) in [5, 5.41) is 4.14. The van der Waals surface area contributed by atoms with Crippen LogP contribution in [0.2, 0.25) is 5.02 Å². The van der Waals surface area contributed by atoms with E-state index in [4.69, 9.17) is 16.3 Å². The number of halogens is 1. The topological polar surface area (TPSA) is 37.4 Å². The number of ether oxygens (including phenoxy) is 1. The minimum atomic E-state index is 0.513. The lowest BCUT2D eigenvalue weighted by molar-refractivity contribution is 0.198. The molecule has 1 N–H and O–H groups in total. The zero-order chi connectivity index (χ0) is 13.5. The van der Waals surface area contributed by atoms with Crippen molar-refractivity contribution < 1.29 is 4.74 Å². The van der Waals surface area contributed by atoms with Gasteiger partial charge in [-0.1, -0.05) is 11.6 Å². The van der Waals surface area contributed by atoms with Crippen molar-refractivity contribution in [3.8, 4) is 0 Å². The zero-order valence-corrected chi connectivity index (χ0v) is 12.2. The second kappa shape index (κ2) is 7.68. The SMILES string of the molecule is COCCNCC1CCCCN1c1ccc(Cl)cn1. The van der Waals surface area contributed by atoms with Gasteiger partial charge in [0.15, 0.2) is 0 Å². The maximum absolute atomic E-state index is 5.90. The van der Waals surface area contributed by atoms with Gasteiger partial charge in [-0.25, -0.2) is 4.98 Å². The van der Waals surface area contributed by atoms with Crippen LogP contribution in [0.3, 0.4) is 0 Å². The number of methoxy groups -OCH3 is 1. The fourth-order valence-electron chi connectivity index (χ4n) is 2.50. The quantitative estimate of drug-likeness (QED) is 0.813. The molecule has 2 heterocycles. The average molecular weight is 284 g/mol. The number of anilines is 1. The Morgan fingerprint density at radius 3 is 3.11 bits per heavy atom. The van der Waals surface area contributed by atoms with Crippen LogP contribution in [0.25, 0.3) is 0 Å². The Hall–Kier alpha value is -0.840. The maximum Gasteiger partial charge on any atom is 0.128 e. The van der Waals surface area contributed by atoms with E-state index in [0.29, 0.717) is 11.1 Å². The number of hydrogen-bond donors (Lipinski definition) is 1. The van der Waals surface area contributed by atoms with Gasteiger partial charge in [-0.3, -0.25) is 0 Å². The number of pyridine rings is 1. The molecular weight excluding hydrogens is 262 g/mol. The molecule has 106 valence electrons. The van der Waals surface area contributed by atoms with Crippen molar-refractivity contribution in [2.24, 2.45) is 0 Å². The first-order valence-corrected chi connectivity index (χ1v) is 7.27. The van der Waals surface area contributed by atoms with E-state index in [1.807, 2.05) is 12.1 Å². The van der Waals surface area contributed by atoms with E-state index in [9.17, 15) is 0 Å². The predicted octanol–water partition coefficient (Wildman–Crippen LogP) is 2.33. The average Bonchev–Trinajstić information content (AvgIpc) is 2.45. The van der Waals surface area contributed by atoms with E-state index in [2.05, 4.69) is 15.2 Å². The highest BCUT2D eigenvalue weighted by Crippen LogP contribution is 2.23. The first-order valence-electron chi connectivity index (χ1n) is 6.89. The number of aromatic nitrogens is 1. The summed E-state index contributed by atoms with van der Waals surface area (Å²) in [6.45, 7) is 3.71. The monoisotopic (exact) mass is 283 g/mol. The molecule has 1 fully saturated rings. The van der Waals surface area contributed by atoms with Crippen LogP contribution >= 0.6 is 11.6 Å². The van der Waals surface area contributed by atoms with Gasteiger partial charge >= 0.3 is 0 Å². The van der Waals surface area contributed by atoms with Gasteiger partial charge < -0.3 is 15.0 Å². The Bertz CT molecular complexity index is 371. The fourth-order valence-corrected chi connectivity index (χ4v) is 2.61. The molecule has 1 saturated heterocycles. The molecule has 0 spiro atoms. The normalized spacial score (nSPS) is 19.7. The number of nitrogens with one attached hydrogen (secondary N) is 1. The molecule has 1 aromatic heterocycles. The van der Waals surface area contributed by atoms with Crippen LogP contribution in [-0.2, 0) is 4.74 Å². The Morgan fingerprint density at radius 1 is 1.47 bits per heavy atom. The molecule has 1 atom stereocenters. The molecule has 1 aliphatic rings. The minimum Gasteiger partial charge on any atom is -0.383 e. The van der Waals surface area contributed by atoms with E-state index < -0.39 is 0 Å². The molecule has 1 aromatic rings. The highest BCUT2D eigenvalue weighted by molar-refractivity contribution is 6.30. The van der Waals surface area contributed by atoms with Crippen molar-refractivity contribution in [1.29, 1.82) is 0 Å². The van der Waals surface area contributed by atoms with Crippen molar-refractivity contribution in [3.05, 3.63) is 23.4 Å². The largest absolute Gasteiger partial charge is 0.383 e. The van der Waals surface area contributed by atoms with Gasteiger partial charge in [0, 0.05) is 39.0 Å². The third kappa shape index (κ3) is 4.34. The fraction of sp³-hybridized carbons (Fsp3) is 0.643. The Balaban J connectivity index is 1.93. The van der Waals surface area contributed by atoms with Gasteiger partial charge in [-0.05, 0) is 31.4 Å². The number of piperidine rings is 1. The highest BCUT2D eigenvalue weighted by Gasteiger charge is 2.22. The molecule has 5 heteroatoms. The summed E-state index contributed by atoms with van der Waals surface area (Å²) in [5.41, 5.74) is 0. The molecule has 0 amide bonds. The Kier molecular flexibility index (Phi) is 5.89. The Labute approximate surface area is 120 Å². The molecule has 19 heavy (non-hydrogen) atoms. The maximum atomic E-state index is 5.90. The standard InChI is InChI=1S/C14H22ClN3O/c1-19-9-7-16-11-13-4-2-3-8-18(13)14-6-5-12(15)10-17-14/h5-6,10,13,16H,2-4,7-9,11H2,1H3. The minimum absolute atomic E-state index is 0.513. The highest BCUT2D eigenvalue weighted by atomic mass is 35.5. The van der Waals surface area contributed by atoms with Gasteiger partial charge in [0.05, 0.1) is 11.6 Å². The van der Waals surface area contributed by atoms with Crippen molar-refractivity contribution in [2.75, 3.05) is 38.3 Å². The molecular formula is C14H22ClN3O. The lowest BCUT2D eigenvalue weighted by atomic mass is 10.0. The van der Waals surface area contributed by atoms with Crippen molar-refractivity contribution in [3.63, 3.8) is 0 Å². The summed E-state index contributed by atoms with van der Waals surface area (Å²) in [5.74, 6) is 1.03. The summed E-state index contributed by atoms with van der Waals surface area (Å²) in [4.78, 5) is 6.83. The summed E-state index contributed by atoms with van der Waals surface area (Å²) >= 11 is 5.90. The molecule has 1 aliphatic heterocycles. The lowest BCUT2D eigenvalue weighted by Gasteiger charge is -2.37. The summed E-state index contributed by atoms with van der Waals surface area (Å²) in [7, 11) is 1.73. The van der Waals surface area contributed by atoms with Crippen molar-refractivity contribution in [1.82, 2.24) is 10.3 Å². The van der Waals surface area contributed by atoms with Crippen LogP contribution in [0.15, 0.2) is 18.3 Å². The van der Waals surface area contributed by atoms with Crippen LogP contribution < -0.4 is 10.2 Å². The van der Waals surface area contributed by atoms with E-state index in [1.165, 1.54) is 19.3 Å². The molecule has 1 unspecified atom stereocenters. The second-order valence-corrected chi connectivity index (χ2v) is 5.31. The second-order valence-electron chi connectivity index (χ2n) is 4.87. The smallest absolute Gasteiger partial charge is 0.128 e. The molecule has 4 nitrogen and oxygen atoms in total. The first kappa shape index (κ1) is 14.6. The van der Waals surface area contributed by atoms with Crippen LogP contribution in [0.4, 0.5) is 5.82 Å². The van der Waals surface area contributed by atoms with E-state index in [-0.39, 0.29) is 0 Å². The molecule has 0 aromatic carbocycles.